The molecule has 0 amide bonds. The van der Waals surface area contributed by atoms with Crippen LogP contribution in [0.4, 0.5) is 0 Å². The van der Waals surface area contributed by atoms with E-state index in [1.54, 1.807) is 19.3 Å². The molecule has 0 aromatic carbocycles. The predicted molar refractivity (Wildman–Crippen MR) is 75.4 cm³/mol. The molecule has 0 bridgehead atoms. The minimum atomic E-state index is -3.34. The number of nitrogens with one attached hydrogen (secondary N) is 2. The Morgan fingerprint density at radius 1 is 1.47 bits per heavy atom. The fraction of sp³-hybridized carbons (Fsp3) is 0.692. The second-order valence-corrected chi connectivity index (χ2v) is 7.24. The van der Waals surface area contributed by atoms with Crippen LogP contribution in [-0.4, -0.2) is 37.3 Å². The second-order valence-electron chi connectivity index (χ2n) is 5.20. The number of hydrogen-bond donors (Lipinski definition) is 2. The summed E-state index contributed by atoms with van der Waals surface area (Å²) in [5, 5.41) is 3.36. The molecule has 5 nitrogen and oxygen atoms in total. The Kier molecular flexibility index (Phi) is 4.65. The predicted octanol–water partition coefficient (Wildman–Crippen LogP) is 1.69. The van der Waals surface area contributed by atoms with E-state index < -0.39 is 10.0 Å². The Hall–Kier alpha value is -0.850. The van der Waals surface area contributed by atoms with Crippen LogP contribution in [0.25, 0.3) is 0 Å². The molecule has 0 spiro atoms. The van der Waals surface area contributed by atoms with Gasteiger partial charge in [0.1, 0.15) is 0 Å². The van der Waals surface area contributed by atoms with Gasteiger partial charge in [-0.05, 0) is 25.3 Å². The first-order valence-corrected chi connectivity index (χ1v) is 8.35. The lowest BCUT2D eigenvalue weighted by atomic mass is 10.3. The lowest BCUT2D eigenvalue weighted by molar-refractivity contribution is 0.459. The van der Waals surface area contributed by atoms with Crippen molar-refractivity contribution in [2.45, 2.75) is 50.1 Å². The van der Waals surface area contributed by atoms with Crippen molar-refractivity contribution in [1.82, 2.24) is 14.6 Å². The zero-order valence-corrected chi connectivity index (χ0v) is 12.5. The SMILES string of the molecule is CCCCN(C)S(=O)(=O)c1c[nH]c(CNC2CC2)c1. The molecule has 0 atom stereocenters. The Bertz CT molecular complexity index is 506. The summed E-state index contributed by atoms with van der Waals surface area (Å²) in [6.07, 6.45) is 5.92. The summed E-state index contributed by atoms with van der Waals surface area (Å²) in [5.41, 5.74) is 0.925. The van der Waals surface area contributed by atoms with Gasteiger partial charge in [0.15, 0.2) is 0 Å². The Morgan fingerprint density at radius 2 is 2.21 bits per heavy atom. The van der Waals surface area contributed by atoms with Gasteiger partial charge in [-0.2, -0.15) is 0 Å². The van der Waals surface area contributed by atoms with Gasteiger partial charge in [-0.25, -0.2) is 12.7 Å². The molecule has 0 unspecified atom stereocenters. The lowest BCUT2D eigenvalue weighted by Gasteiger charge is -2.15. The average molecular weight is 285 g/mol. The van der Waals surface area contributed by atoms with E-state index in [2.05, 4.69) is 17.2 Å². The summed E-state index contributed by atoms with van der Waals surface area (Å²) < 4.78 is 26.0. The second kappa shape index (κ2) is 6.07. The standard InChI is InChI=1S/C13H23N3O2S/c1-3-4-7-16(2)19(17,18)13-8-12(15-10-13)9-14-11-5-6-11/h8,10-11,14-15H,3-7,9H2,1-2H3. The van der Waals surface area contributed by atoms with Crippen molar-refractivity contribution >= 4 is 10.0 Å². The Balaban J connectivity index is 1.98. The summed E-state index contributed by atoms with van der Waals surface area (Å²) in [7, 11) is -1.70. The van der Waals surface area contributed by atoms with Gasteiger partial charge in [0, 0.05) is 38.1 Å². The molecular weight excluding hydrogens is 262 g/mol. The maximum Gasteiger partial charge on any atom is 0.244 e. The number of rotatable bonds is 8. The highest BCUT2D eigenvalue weighted by atomic mass is 32.2. The Labute approximate surface area is 115 Å². The van der Waals surface area contributed by atoms with Crippen molar-refractivity contribution in [3.63, 3.8) is 0 Å². The number of aromatic nitrogens is 1. The van der Waals surface area contributed by atoms with Gasteiger partial charge in [0.2, 0.25) is 10.0 Å². The summed E-state index contributed by atoms with van der Waals surface area (Å²) in [6, 6.07) is 2.35. The molecule has 2 rings (SSSR count). The largest absolute Gasteiger partial charge is 0.363 e. The van der Waals surface area contributed by atoms with Crippen LogP contribution in [0.15, 0.2) is 17.2 Å². The van der Waals surface area contributed by atoms with Crippen LogP contribution >= 0.6 is 0 Å². The maximum absolute atomic E-state index is 12.3. The number of sulfonamides is 1. The van der Waals surface area contributed by atoms with Crippen LogP contribution in [0.3, 0.4) is 0 Å². The number of unbranched alkanes of at least 4 members (excludes halogenated alkanes) is 1. The van der Waals surface area contributed by atoms with Crippen LogP contribution in [0.1, 0.15) is 38.3 Å². The molecule has 0 saturated heterocycles. The molecule has 6 heteroatoms. The molecule has 1 aliphatic carbocycles. The zero-order valence-electron chi connectivity index (χ0n) is 11.6. The molecular formula is C13H23N3O2S. The van der Waals surface area contributed by atoms with Gasteiger partial charge < -0.3 is 10.3 Å². The van der Waals surface area contributed by atoms with Gasteiger partial charge in [-0.3, -0.25) is 0 Å². The molecule has 0 radical (unpaired) electrons. The zero-order chi connectivity index (χ0) is 13.9. The topological polar surface area (TPSA) is 65.2 Å². The van der Waals surface area contributed by atoms with Crippen molar-refractivity contribution in [3.8, 4) is 0 Å². The van der Waals surface area contributed by atoms with E-state index in [4.69, 9.17) is 0 Å². The molecule has 108 valence electrons. The molecule has 19 heavy (non-hydrogen) atoms. The van der Waals surface area contributed by atoms with Crippen LogP contribution in [0, 0.1) is 0 Å². The van der Waals surface area contributed by atoms with E-state index in [0.717, 1.165) is 18.5 Å². The number of aromatic amines is 1. The van der Waals surface area contributed by atoms with E-state index in [-0.39, 0.29) is 0 Å². The van der Waals surface area contributed by atoms with Crippen LogP contribution in [0.2, 0.25) is 0 Å². The van der Waals surface area contributed by atoms with E-state index >= 15 is 0 Å². The third-order valence-electron chi connectivity index (χ3n) is 3.41. The van der Waals surface area contributed by atoms with Crippen molar-refractivity contribution in [3.05, 3.63) is 18.0 Å². The molecule has 1 aromatic heterocycles. The van der Waals surface area contributed by atoms with Crippen LogP contribution < -0.4 is 5.32 Å². The molecule has 1 heterocycles. The van der Waals surface area contributed by atoms with Gasteiger partial charge in [0.25, 0.3) is 0 Å². The fourth-order valence-corrected chi connectivity index (χ4v) is 3.12. The van der Waals surface area contributed by atoms with Gasteiger partial charge in [0.05, 0.1) is 4.90 Å². The van der Waals surface area contributed by atoms with Gasteiger partial charge in [-0.15, -0.1) is 0 Å². The number of nitrogens with zero attached hydrogens (tertiary/aromatic N) is 1. The van der Waals surface area contributed by atoms with E-state index in [1.165, 1.54) is 17.1 Å². The third-order valence-corrected chi connectivity index (χ3v) is 5.24. The third kappa shape index (κ3) is 3.81. The van der Waals surface area contributed by atoms with Crippen molar-refractivity contribution in [2.24, 2.45) is 0 Å². The highest BCUT2D eigenvalue weighted by molar-refractivity contribution is 7.89. The number of hydrogen-bond acceptors (Lipinski definition) is 3. The summed E-state index contributed by atoms with van der Waals surface area (Å²) in [5.74, 6) is 0. The molecule has 1 fully saturated rings. The summed E-state index contributed by atoms with van der Waals surface area (Å²) in [6.45, 7) is 3.33. The summed E-state index contributed by atoms with van der Waals surface area (Å²) >= 11 is 0. The molecule has 1 aliphatic rings. The first-order valence-electron chi connectivity index (χ1n) is 6.91. The quantitative estimate of drug-likeness (QED) is 0.764. The maximum atomic E-state index is 12.3. The highest BCUT2D eigenvalue weighted by Crippen LogP contribution is 2.20. The van der Waals surface area contributed by atoms with Gasteiger partial charge >= 0.3 is 0 Å². The molecule has 1 saturated carbocycles. The minimum Gasteiger partial charge on any atom is -0.363 e. The van der Waals surface area contributed by atoms with E-state index in [9.17, 15) is 8.42 Å². The number of H-pyrrole nitrogens is 1. The van der Waals surface area contributed by atoms with Crippen molar-refractivity contribution in [2.75, 3.05) is 13.6 Å². The Morgan fingerprint density at radius 3 is 2.84 bits per heavy atom. The molecule has 0 aliphatic heterocycles. The van der Waals surface area contributed by atoms with E-state index in [1.807, 2.05) is 0 Å². The first-order chi connectivity index (χ1) is 9.04. The normalized spacial score (nSPS) is 16.2. The lowest BCUT2D eigenvalue weighted by Crippen LogP contribution is -2.27. The first kappa shape index (κ1) is 14.6. The van der Waals surface area contributed by atoms with Crippen LogP contribution in [-0.2, 0) is 16.6 Å². The van der Waals surface area contributed by atoms with Crippen molar-refractivity contribution in [1.29, 1.82) is 0 Å². The average Bonchev–Trinajstić information content (AvgIpc) is 3.09. The van der Waals surface area contributed by atoms with E-state index in [0.29, 0.717) is 24.0 Å². The van der Waals surface area contributed by atoms with Gasteiger partial charge in [-0.1, -0.05) is 13.3 Å². The van der Waals surface area contributed by atoms with Crippen molar-refractivity contribution < 1.29 is 8.42 Å². The minimum absolute atomic E-state index is 0.360. The highest BCUT2D eigenvalue weighted by Gasteiger charge is 2.23. The fourth-order valence-electron chi connectivity index (χ4n) is 1.89. The smallest absolute Gasteiger partial charge is 0.244 e. The molecule has 1 aromatic rings. The monoisotopic (exact) mass is 285 g/mol. The molecule has 2 N–H and O–H groups in total. The summed E-state index contributed by atoms with van der Waals surface area (Å²) in [4.78, 5) is 3.40. The van der Waals surface area contributed by atoms with Crippen LogP contribution in [0.5, 0.6) is 0 Å².